The third kappa shape index (κ3) is 1.92. The molecule has 0 unspecified atom stereocenters. The Morgan fingerprint density at radius 1 is 1.00 bits per heavy atom. The van der Waals surface area contributed by atoms with Crippen LogP contribution in [0.4, 0.5) is 0 Å². The molecule has 3 nitrogen and oxygen atoms in total. The van der Waals surface area contributed by atoms with Gasteiger partial charge in [0.15, 0.2) is 5.82 Å². The molecule has 1 aromatic rings. The Bertz CT molecular complexity index is 332. The topological polar surface area (TPSA) is 41.6 Å². The number of nitrogens with zero attached hydrogens (tertiary/aromatic N) is 2. The maximum absolute atomic E-state index is 4.65. The Kier molecular flexibility index (Phi) is 2.26. The van der Waals surface area contributed by atoms with E-state index in [1.54, 1.807) is 0 Å². The van der Waals surface area contributed by atoms with Gasteiger partial charge in [-0.15, -0.1) is 0 Å². The fourth-order valence-electron chi connectivity index (χ4n) is 2.53. The first-order valence-corrected chi connectivity index (χ1v) is 6.25. The number of aromatic nitrogens is 3. The Labute approximate surface area is 90.7 Å². The predicted octanol–water partition coefficient (Wildman–Crippen LogP) is 2.98. The molecule has 3 heteroatoms. The molecule has 82 valence electrons. The second-order valence-corrected chi connectivity index (χ2v) is 5.31. The lowest BCUT2D eigenvalue weighted by Crippen LogP contribution is -2.12. The van der Waals surface area contributed by atoms with Crippen molar-refractivity contribution in [3.63, 3.8) is 0 Å². The van der Waals surface area contributed by atoms with Crippen molar-refractivity contribution in [3.05, 3.63) is 11.6 Å². The summed E-state index contributed by atoms with van der Waals surface area (Å²) in [6, 6.07) is 0. The Morgan fingerprint density at radius 3 is 2.33 bits per heavy atom. The van der Waals surface area contributed by atoms with Crippen LogP contribution >= 0.6 is 0 Å². The molecule has 2 saturated carbocycles. The highest BCUT2D eigenvalue weighted by Gasteiger charge is 2.29. The number of H-pyrrole nitrogens is 1. The van der Waals surface area contributed by atoms with Gasteiger partial charge in [-0.05, 0) is 31.6 Å². The van der Waals surface area contributed by atoms with Gasteiger partial charge < -0.3 is 0 Å². The highest BCUT2D eigenvalue weighted by atomic mass is 15.2. The maximum Gasteiger partial charge on any atom is 0.153 e. The van der Waals surface area contributed by atoms with Gasteiger partial charge >= 0.3 is 0 Å². The van der Waals surface area contributed by atoms with Crippen LogP contribution in [0.2, 0.25) is 0 Å². The number of hydrogen-bond acceptors (Lipinski definition) is 2. The van der Waals surface area contributed by atoms with Gasteiger partial charge in [0.2, 0.25) is 0 Å². The Balaban J connectivity index is 1.69. The lowest BCUT2D eigenvalue weighted by atomic mass is 9.83. The molecule has 15 heavy (non-hydrogen) atoms. The second-order valence-electron chi connectivity index (χ2n) is 5.31. The first-order chi connectivity index (χ1) is 7.33. The molecule has 3 rings (SSSR count). The van der Waals surface area contributed by atoms with Gasteiger partial charge in [0.05, 0.1) is 0 Å². The van der Waals surface area contributed by atoms with Gasteiger partial charge in [0.25, 0.3) is 0 Å². The highest BCUT2D eigenvalue weighted by molar-refractivity contribution is 5.07. The van der Waals surface area contributed by atoms with Gasteiger partial charge in [-0.1, -0.05) is 19.8 Å². The van der Waals surface area contributed by atoms with Crippen LogP contribution in [-0.2, 0) is 0 Å². The molecular formula is C12H19N3. The smallest absolute Gasteiger partial charge is 0.153 e. The Morgan fingerprint density at radius 2 is 1.67 bits per heavy atom. The predicted molar refractivity (Wildman–Crippen MR) is 58.7 cm³/mol. The summed E-state index contributed by atoms with van der Waals surface area (Å²) >= 11 is 0. The lowest BCUT2D eigenvalue weighted by molar-refractivity contribution is 0.340. The summed E-state index contributed by atoms with van der Waals surface area (Å²) in [7, 11) is 0. The van der Waals surface area contributed by atoms with Gasteiger partial charge in [-0.25, -0.2) is 4.98 Å². The second kappa shape index (κ2) is 3.62. The molecule has 0 saturated heterocycles. The zero-order valence-electron chi connectivity index (χ0n) is 9.37. The van der Waals surface area contributed by atoms with Gasteiger partial charge in [-0.2, -0.15) is 5.10 Å². The molecule has 0 spiro atoms. The third-order valence-corrected chi connectivity index (χ3v) is 3.87. The van der Waals surface area contributed by atoms with Crippen molar-refractivity contribution in [2.45, 2.75) is 57.3 Å². The highest BCUT2D eigenvalue weighted by Crippen LogP contribution is 2.39. The van der Waals surface area contributed by atoms with Crippen LogP contribution in [0, 0.1) is 5.92 Å². The zero-order valence-corrected chi connectivity index (χ0v) is 9.37. The molecule has 0 aliphatic heterocycles. The summed E-state index contributed by atoms with van der Waals surface area (Å²) < 4.78 is 0. The van der Waals surface area contributed by atoms with Gasteiger partial charge in [0, 0.05) is 11.8 Å². The van der Waals surface area contributed by atoms with E-state index in [2.05, 4.69) is 22.1 Å². The summed E-state index contributed by atoms with van der Waals surface area (Å²) in [5.41, 5.74) is 0. The molecule has 0 amide bonds. The van der Waals surface area contributed by atoms with E-state index in [0.717, 1.165) is 17.6 Å². The maximum atomic E-state index is 4.65. The first-order valence-electron chi connectivity index (χ1n) is 6.25. The third-order valence-electron chi connectivity index (χ3n) is 3.87. The van der Waals surface area contributed by atoms with E-state index in [0.29, 0.717) is 11.8 Å². The van der Waals surface area contributed by atoms with Crippen LogP contribution in [0.15, 0.2) is 0 Å². The number of nitrogens with one attached hydrogen (secondary N) is 1. The van der Waals surface area contributed by atoms with Crippen molar-refractivity contribution in [3.8, 4) is 0 Å². The average molecular weight is 205 g/mol. The fourth-order valence-corrected chi connectivity index (χ4v) is 2.53. The minimum absolute atomic E-state index is 0.654. The summed E-state index contributed by atoms with van der Waals surface area (Å²) in [6.45, 7) is 2.35. The van der Waals surface area contributed by atoms with Gasteiger partial charge in [-0.3, -0.25) is 5.10 Å². The number of aromatic amines is 1. The van der Waals surface area contributed by atoms with E-state index in [1.807, 2.05) is 0 Å². The van der Waals surface area contributed by atoms with Crippen LogP contribution in [0.5, 0.6) is 0 Å². The molecule has 0 bridgehead atoms. The molecule has 2 fully saturated rings. The normalized spacial score (nSPS) is 31.8. The number of rotatable bonds is 2. The van der Waals surface area contributed by atoms with Crippen molar-refractivity contribution in [1.29, 1.82) is 0 Å². The summed E-state index contributed by atoms with van der Waals surface area (Å²) in [5.74, 6) is 4.47. The summed E-state index contributed by atoms with van der Waals surface area (Å²) in [5, 5.41) is 7.49. The monoisotopic (exact) mass is 205 g/mol. The van der Waals surface area contributed by atoms with E-state index in [9.17, 15) is 0 Å². The standard InChI is InChI=1S/C12H19N3/c1-8-2-4-9(5-3-8)11-13-12(15-14-11)10-6-7-10/h8-10H,2-7H2,1H3,(H,13,14,15). The molecule has 2 aliphatic rings. The summed E-state index contributed by atoms with van der Waals surface area (Å²) in [4.78, 5) is 4.65. The zero-order chi connectivity index (χ0) is 10.3. The SMILES string of the molecule is CC1CCC(c2nc(C3CC3)n[nH]2)CC1. The van der Waals surface area contributed by atoms with E-state index in [4.69, 9.17) is 0 Å². The molecule has 1 heterocycles. The minimum Gasteiger partial charge on any atom is -0.263 e. The van der Waals surface area contributed by atoms with E-state index in [-0.39, 0.29) is 0 Å². The van der Waals surface area contributed by atoms with Gasteiger partial charge in [0.1, 0.15) is 5.82 Å². The van der Waals surface area contributed by atoms with E-state index < -0.39 is 0 Å². The summed E-state index contributed by atoms with van der Waals surface area (Å²) in [6.07, 6.45) is 7.87. The fraction of sp³-hybridized carbons (Fsp3) is 0.833. The first kappa shape index (κ1) is 9.37. The average Bonchev–Trinajstić information content (AvgIpc) is 2.99. The van der Waals surface area contributed by atoms with Crippen LogP contribution in [0.25, 0.3) is 0 Å². The lowest BCUT2D eigenvalue weighted by Gasteiger charge is -2.24. The minimum atomic E-state index is 0.654. The van der Waals surface area contributed by atoms with Crippen molar-refractivity contribution < 1.29 is 0 Å². The van der Waals surface area contributed by atoms with Crippen LogP contribution < -0.4 is 0 Å². The molecule has 1 aromatic heterocycles. The van der Waals surface area contributed by atoms with Crippen LogP contribution in [0.1, 0.15) is 68.9 Å². The van der Waals surface area contributed by atoms with E-state index in [1.165, 1.54) is 38.5 Å². The molecule has 0 radical (unpaired) electrons. The Hall–Kier alpha value is -0.860. The van der Waals surface area contributed by atoms with Crippen LogP contribution in [0.3, 0.4) is 0 Å². The molecule has 0 aromatic carbocycles. The molecular weight excluding hydrogens is 186 g/mol. The number of hydrogen-bond donors (Lipinski definition) is 1. The molecule has 1 N–H and O–H groups in total. The van der Waals surface area contributed by atoms with Crippen molar-refractivity contribution in [1.82, 2.24) is 15.2 Å². The van der Waals surface area contributed by atoms with Crippen molar-refractivity contribution in [2.75, 3.05) is 0 Å². The largest absolute Gasteiger partial charge is 0.263 e. The molecule has 2 aliphatic carbocycles. The van der Waals surface area contributed by atoms with E-state index >= 15 is 0 Å². The van der Waals surface area contributed by atoms with Crippen LogP contribution in [-0.4, -0.2) is 15.2 Å². The molecule has 0 atom stereocenters. The van der Waals surface area contributed by atoms with Crippen molar-refractivity contribution >= 4 is 0 Å². The quantitative estimate of drug-likeness (QED) is 0.806. The van der Waals surface area contributed by atoms with Crippen molar-refractivity contribution in [2.24, 2.45) is 5.92 Å².